The molecule has 0 aromatic carbocycles. The molecule has 0 aliphatic carbocycles. The largest absolute Gasteiger partial charge is 0.450 e. The van der Waals surface area contributed by atoms with Gasteiger partial charge >= 0.3 is 0 Å². The van der Waals surface area contributed by atoms with Crippen molar-refractivity contribution >= 4 is 28.6 Å². The summed E-state index contributed by atoms with van der Waals surface area (Å²) in [7, 11) is 1.73. The van der Waals surface area contributed by atoms with E-state index < -0.39 is 0 Å². The van der Waals surface area contributed by atoms with Crippen LogP contribution in [0.3, 0.4) is 0 Å². The maximum Gasteiger partial charge on any atom is 0.229 e. The molecule has 9 nitrogen and oxygen atoms in total. The highest BCUT2D eigenvalue weighted by atomic mass is 35.5. The number of pyridine rings is 1. The van der Waals surface area contributed by atoms with Crippen molar-refractivity contribution in [1.29, 1.82) is 0 Å². The van der Waals surface area contributed by atoms with E-state index >= 15 is 0 Å². The fraction of sp³-hybridized carbons (Fsp3) is 0.312. The van der Waals surface area contributed by atoms with Gasteiger partial charge in [-0.2, -0.15) is 10.1 Å². The lowest BCUT2D eigenvalue weighted by molar-refractivity contribution is -0.694. The lowest BCUT2D eigenvalue weighted by atomic mass is 10.3. The van der Waals surface area contributed by atoms with Crippen LogP contribution in [-0.2, 0) is 4.74 Å². The number of aromatic nitrogens is 4. The Morgan fingerprint density at radius 2 is 2.12 bits per heavy atom. The normalized spacial score (nSPS) is 14.6. The predicted molar refractivity (Wildman–Crippen MR) is 97.4 cm³/mol. The third-order valence-electron chi connectivity index (χ3n) is 4.21. The Morgan fingerprint density at radius 3 is 2.88 bits per heavy atom. The monoisotopic (exact) mass is 376 g/mol. The zero-order chi connectivity index (χ0) is 18.1. The molecule has 0 bridgehead atoms. The number of nitrogens with one attached hydrogen (secondary N) is 1. The Kier molecular flexibility index (Phi) is 4.39. The fourth-order valence-electron chi connectivity index (χ4n) is 2.85. The highest BCUT2D eigenvalue weighted by Gasteiger charge is 2.20. The van der Waals surface area contributed by atoms with Crippen LogP contribution >= 0.6 is 11.6 Å². The molecule has 1 saturated heterocycles. The van der Waals surface area contributed by atoms with E-state index in [0.717, 1.165) is 18.6 Å². The van der Waals surface area contributed by atoms with Gasteiger partial charge in [0.15, 0.2) is 17.0 Å². The van der Waals surface area contributed by atoms with Crippen molar-refractivity contribution in [2.24, 2.45) is 0 Å². The van der Waals surface area contributed by atoms with E-state index in [1.807, 2.05) is 23.3 Å². The summed E-state index contributed by atoms with van der Waals surface area (Å²) in [5, 5.41) is 9.82. The third-order valence-corrected chi connectivity index (χ3v) is 4.59. The average molecular weight is 377 g/mol. The molecule has 10 heteroatoms. The van der Waals surface area contributed by atoms with Gasteiger partial charge in [0.2, 0.25) is 12.4 Å². The lowest BCUT2D eigenvalue weighted by Gasteiger charge is -2.22. The van der Waals surface area contributed by atoms with E-state index in [0.29, 0.717) is 41.2 Å². The Balaban J connectivity index is 1.69. The molecule has 1 fully saturated rings. The molecule has 0 amide bonds. The molecule has 26 heavy (non-hydrogen) atoms. The third kappa shape index (κ3) is 2.95. The molecule has 0 unspecified atom stereocenters. The van der Waals surface area contributed by atoms with E-state index in [1.165, 1.54) is 6.20 Å². The van der Waals surface area contributed by atoms with Crippen LogP contribution in [0.15, 0.2) is 31.0 Å². The summed E-state index contributed by atoms with van der Waals surface area (Å²) in [4.78, 5) is 4.11. The van der Waals surface area contributed by atoms with Gasteiger partial charge in [-0.3, -0.25) is 0 Å². The zero-order valence-corrected chi connectivity index (χ0v) is 15.0. The molecule has 1 aliphatic heterocycles. The maximum absolute atomic E-state index is 6.37. The predicted octanol–water partition coefficient (Wildman–Crippen LogP) is 1.05. The number of morpholine rings is 1. The van der Waals surface area contributed by atoms with Gasteiger partial charge in [0.1, 0.15) is 10.8 Å². The summed E-state index contributed by atoms with van der Waals surface area (Å²) >= 11 is 6.37. The summed E-state index contributed by atoms with van der Waals surface area (Å²) < 4.78 is 15.1. The molecular weight excluding hydrogens is 358 g/mol. The van der Waals surface area contributed by atoms with Crippen LogP contribution in [0.5, 0.6) is 11.5 Å². The number of nitrogens with two attached hydrogens (primary N) is 1. The van der Waals surface area contributed by atoms with Crippen molar-refractivity contribution in [1.82, 2.24) is 14.6 Å². The number of hydrogen-bond donors (Lipinski definition) is 2. The van der Waals surface area contributed by atoms with Crippen molar-refractivity contribution < 1.29 is 14.1 Å². The van der Waals surface area contributed by atoms with Gasteiger partial charge in [0.25, 0.3) is 0 Å². The van der Waals surface area contributed by atoms with Crippen molar-refractivity contribution in [3.63, 3.8) is 0 Å². The number of nitrogens with zero attached hydrogens (tertiary/aromatic N) is 5. The second-order valence-electron chi connectivity index (χ2n) is 5.76. The molecular formula is C16H19ClN7O2+. The highest BCUT2D eigenvalue weighted by Crippen LogP contribution is 2.37. The first-order chi connectivity index (χ1) is 12.7. The van der Waals surface area contributed by atoms with Crippen LogP contribution in [0.1, 0.15) is 0 Å². The van der Waals surface area contributed by atoms with Crippen molar-refractivity contribution in [3.05, 3.63) is 36.0 Å². The first-order valence-corrected chi connectivity index (χ1v) is 8.56. The number of rotatable bonds is 4. The molecule has 3 aromatic heterocycles. The van der Waals surface area contributed by atoms with Crippen LogP contribution in [-0.4, -0.2) is 47.9 Å². The summed E-state index contributed by atoms with van der Waals surface area (Å²) in [6, 6.07) is 0. The molecule has 4 heterocycles. The first kappa shape index (κ1) is 16.7. The number of anilines is 2. The van der Waals surface area contributed by atoms with Gasteiger partial charge in [-0.25, -0.2) is 9.50 Å². The summed E-state index contributed by atoms with van der Waals surface area (Å²) in [5.74, 6) is 1.29. The Morgan fingerprint density at radius 1 is 1.31 bits per heavy atom. The van der Waals surface area contributed by atoms with E-state index in [4.69, 9.17) is 26.8 Å². The van der Waals surface area contributed by atoms with Crippen LogP contribution in [0.4, 0.5) is 11.5 Å². The maximum atomic E-state index is 6.37. The van der Waals surface area contributed by atoms with Gasteiger partial charge in [-0.05, 0) is 0 Å². The molecule has 3 N–H and O–H groups in total. The van der Waals surface area contributed by atoms with Gasteiger partial charge < -0.3 is 20.5 Å². The van der Waals surface area contributed by atoms with Crippen LogP contribution in [0.2, 0.25) is 5.02 Å². The van der Waals surface area contributed by atoms with Crippen molar-refractivity contribution in [2.45, 2.75) is 0 Å². The number of halogens is 1. The molecule has 0 spiro atoms. The summed E-state index contributed by atoms with van der Waals surface area (Å²) in [6.45, 7) is 3.06. The second-order valence-corrected chi connectivity index (χ2v) is 6.14. The van der Waals surface area contributed by atoms with Crippen LogP contribution in [0.25, 0.3) is 5.52 Å². The minimum atomic E-state index is 0.315. The summed E-state index contributed by atoms with van der Waals surface area (Å²) in [5.41, 5.74) is 7.15. The lowest BCUT2D eigenvalue weighted by Crippen LogP contribution is -2.61. The Hall–Kier alpha value is -2.78. The first-order valence-electron chi connectivity index (χ1n) is 8.18. The minimum absolute atomic E-state index is 0.315. The highest BCUT2D eigenvalue weighted by molar-refractivity contribution is 6.35. The standard InChI is InChI=1S/C16H18ClN7O2/c1-19-15-14(17)13(8-20-16(15)18)26-12-9-21-24-3-2-23(10-11(12)24)22-4-6-25-7-5-22/h2-3,8-10,18,21H,4-7H2,1H3/p+1. The number of hydrogen-bond acceptors (Lipinski definition) is 7. The Labute approximate surface area is 154 Å². The van der Waals surface area contributed by atoms with Gasteiger partial charge in [-0.1, -0.05) is 16.3 Å². The van der Waals surface area contributed by atoms with E-state index in [2.05, 4.69) is 20.4 Å². The molecule has 4 rings (SSSR count). The zero-order valence-electron chi connectivity index (χ0n) is 14.2. The molecule has 0 radical (unpaired) electrons. The molecule has 136 valence electrons. The molecule has 0 saturated carbocycles. The number of ether oxygens (including phenoxy) is 2. The van der Waals surface area contributed by atoms with Gasteiger partial charge in [0.05, 0.1) is 50.6 Å². The second kappa shape index (κ2) is 6.85. The smallest absolute Gasteiger partial charge is 0.229 e. The fourth-order valence-corrected chi connectivity index (χ4v) is 3.13. The van der Waals surface area contributed by atoms with Crippen LogP contribution in [0, 0.1) is 0 Å². The minimum Gasteiger partial charge on any atom is -0.450 e. The van der Waals surface area contributed by atoms with Crippen molar-refractivity contribution in [3.8, 4) is 11.5 Å². The molecule has 0 atom stereocenters. The number of fused-ring (bicyclic) bond motifs is 1. The Bertz CT molecular complexity index is 940. The topological polar surface area (TPSA) is 93.8 Å². The van der Waals surface area contributed by atoms with E-state index in [-0.39, 0.29) is 0 Å². The van der Waals surface area contributed by atoms with Crippen LogP contribution < -0.4 is 25.5 Å². The van der Waals surface area contributed by atoms with E-state index in [9.17, 15) is 0 Å². The number of nitrogen functional groups attached to an aromatic ring is 1. The van der Waals surface area contributed by atoms with Crippen molar-refractivity contribution in [2.75, 3.05) is 49.4 Å². The SMILES string of the molecule is CNc1c(N)ncc(Oc2cnn3cc[n+](N4CCOCC4)cc23)c1Cl. The summed E-state index contributed by atoms with van der Waals surface area (Å²) in [6.07, 6.45) is 8.93. The molecule has 3 aromatic rings. The molecule has 1 aliphatic rings. The van der Waals surface area contributed by atoms with Gasteiger partial charge in [-0.15, -0.1) is 0 Å². The quantitative estimate of drug-likeness (QED) is 0.657. The average Bonchev–Trinajstić information content (AvgIpc) is 3.07. The van der Waals surface area contributed by atoms with E-state index in [1.54, 1.807) is 17.8 Å². The van der Waals surface area contributed by atoms with Gasteiger partial charge in [0, 0.05) is 7.05 Å².